The maximum Gasteiger partial charge on any atom is 0.256 e. The van der Waals surface area contributed by atoms with Crippen LogP contribution >= 0.6 is 35.1 Å². The van der Waals surface area contributed by atoms with E-state index in [1.54, 1.807) is 23.5 Å². The molecule has 6 heteroatoms. The Hall–Kier alpha value is -1.43. The highest BCUT2D eigenvalue weighted by atomic mass is 35.5. The zero-order chi connectivity index (χ0) is 16.9. The van der Waals surface area contributed by atoms with Crippen molar-refractivity contribution in [1.82, 2.24) is 0 Å². The van der Waals surface area contributed by atoms with Crippen LogP contribution in [-0.4, -0.2) is 22.6 Å². The predicted molar refractivity (Wildman–Crippen MR) is 107 cm³/mol. The summed E-state index contributed by atoms with van der Waals surface area (Å²) in [6.07, 6.45) is 0. The summed E-state index contributed by atoms with van der Waals surface area (Å²) in [5.41, 5.74) is 3.36. The van der Waals surface area contributed by atoms with Gasteiger partial charge in [-0.15, -0.1) is 0 Å². The van der Waals surface area contributed by atoms with Gasteiger partial charge < -0.3 is 5.32 Å². The standard InChI is InChI=1S/C18H17ClN2OS2/c1-12-6-7-16(15(19)10-12)21-17(22)14-5-3-2-4-13(14)11-24-18-20-8-9-23-18/h2-7,10H,8-9,11H2,1H3,(H,21,22). The molecule has 0 saturated heterocycles. The Morgan fingerprint density at radius 1 is 1.33 bits per heavy atom. The summed E-state index contributed by atoms with van der Waals surface area (Å²) < 4.78 is 1.10. The van der Waals surface area contributed by atoms with Crippen molar-refractivity contribution in [2.45, 2.75) is 12.7 Å². The highest BCUT2D eigenvalue weighted by Crippen LogP contribution is 2.28. The van der Waals surface area contributed by atoms with Crippen LogP contribution in [0.5, 0.6) is 0 Å². The fraction of sp³-hybridized carbons (Fsp3) is 0.222. The third-order valence-corrected chi connectivity index (χ3v) is 6.16. The van der Waals surface area contributed by atoms with Crippen LogP contribution < -0.4 is 5.32 Å². The quantitative estimate of drug-likeness (QED) is 0.793. The molecule has 0 spiro atoms. The number of benzene rings is 2. The summed E-state index contributed by atoms with van der Waals surface area (Å²) in [4.78, 5) is 17.1. The smallest absolute Gasteiger partial charge is 0.256 e. The molecule has 24 heavy (non-hydrogen) atoms. The number of rotatable bonds is 4. The molecule has 1 aliphatic rings. The number of amides is 1. The summed E-state index contributed by atoms with van der Waals surface area (Å²) in [6.45, 7) is 2.86. The summed E-state index contributed by atoms with van der Waals surface area (Å²) in [5.74, 6) is 1.64. The molecule has 0 aliphatic carbocycles. The molecule has 2 aromatic rings. The van der Waals surface area contributed by atoms with Crippen molar-refractivity contribution in [3.63, 3.8) is 0 Å². The Bertz CT molecular complexity index is 792. The van der Waals surface area contributed by atoms with Crippen molar-refractivity contribution < 1.29 is 4.79 Å². The van der Waals surface area contributed by atoms with Gasteiger partial charge in [0.25, 0.3) is 5.91 Å². The molecule has 3 rings (SSSR count). The van der Waals surface area contributed by atoms with Gasteiger partial charge in [-0.1, -0.05) is 59.4 Å². The molecule has 0 aromatic heterocycles. The third kappa shape index (κ3) is 4.35. The van der Waals surface area contributed by atoms with Gasteiger partial charge in [-0.25, -0.2) is 0 Å². The van der Waals surface area contributed by atoms with Crippen molar-refractivity contribution in [3.05, 3.63) is 64.2 Å². The van der Waals surface area contributed by atoms with E-state index in [0.29, 0.717) is 16.3 Å². The molecule has 1 N–H and O–H groups in total. The molecular weight excluding hydrogens is 360 g/mol. The highest BCUT2D eigenvalue weighted by Gasteiger charge is 2.14. The van der Waals surface area contributed by atoms with E-state index in [4.69, 9.17) is 11.6 Å². The first kappa shape index (κ1) is 17.4. The highest BCUT2D eigenvalue weighted by molar-refractivity contribution is 8.38. The number of thioether (sulfide) groups is 2. The number of carbonyl (C=O) groups is 1. The molecule has 1 aliphatic heterocycles. The van der Waals surface area contributed by atoms with Gasteiger partial charge in [0.1, 0.15) is 4.38 Å². The largest absolute Gasteiger partial charge is 0.321 e. The minimum absolute atomic E-state index is 0.141. The number of hydrogen-bond acceptors (Lipinski definition) is 4. The molecule has 0 radical (unpaired) electrons. The molecule has 0 fully saturated rings. The number of nitrogens with one attached hydrogen (secondary N) is 1. The van der Waals surface area contributed by atoms with Gasteiger partial charge in [0, 0.05) is 17.1 Å². The maximum atomic E-state index is 12.7. The molecule has 124 valence electrons. The predicted octanol–water partition coefficient (Wildman–Crippen LogP) is 5.24. The van der Waals surface area contributed by atoms with Crippen LogP contribution in [-0.2, 0) is 5.75 Å². The maximum absolute atomic E-state index is 12.7. The van der Waals surface area contributed by atoms with Gasteiger partial charge in [0.2, 0.25) is 0 Å². The molecule has 0 atom stereocenters. The molecule has 1 heterocycles. The van der Waals surface area contributed by atoms with Gasteiger partial charge in [-0.05, 0) is 36.2 Å². The second kappa shape index (κ2) is 8.10. The Morgan fingerprint density at radius 3 is 2.92 bits per heavy atom. The van der Waals surface area contributed by atoms with Crippen LogP contribution in [0.15, 0.2) is 47.5 Å². The van der Waals surface area contributed by atoms with E-state index in [9.17, 15) is 4.79 Å². The van der Waals surface area contributed by atoms with E-state index in [1.807, 2.05) is 49.4 Å². The topological polar surface area (TPSA) is 41.5 Å². The molecule has 3 nitrogen and oxygen atoms in total. The molecule has 1 amide bonds. The fourth-order valence-electron chi connectivity index (χ4n) is 2.32. The first-order valence-electron chi connectivity index (χ1n) is 7.59. The number of nitrogens with zero attached hydrogens (tertiary/aromatic N) is 1. The lowest BCUT2D eigenvalue weighted by Gasteiger charge is -2.11. The SMILES string of the molecule is Cc1ccc(NC(=O)c2ccccc2CSC2=NCCS2)c(Cl)c1. The second-order valence-electron chi connectivity index (χ2n) is 5.38. The van der Waals surface area contributed by atoms with E-state index < -0.39 is 0 Å². The zero-order valence-electron chi connectivity index (χ0n) is 13.2. The lowest BCUT2D eigenvalue weighted by molar-refractivity contribution is 0.102. The van der Waals surface area contributed by atoms with Gasteiger partial charge >= 0.3 is 0 Å². The lowest BCUT2D eigenvalue weighted by atomic mass is 10.1. The number of aryl methyl sites for hydroxylation is 1. The molecule has 0 unspecified atom stereocenters. The molecular formula is C18H17ClN2OS2. The van der Waals surface area contributed by atoms with Gasteiger partial charge in [0.05, 0.1) is 17.3 Å². The third-order valence-electron chi connectivity index (χ3n) is 3.54. The van der Waals surface area contributed by atoms with Crippen LogP contribution in [0.25, 0.3) is 0 Å². The van der Waals surface area contributed by atoms with Crippen LogP contribution in [0.4, 0.5) is 5.69 Å². The number of halogens is 1. The lowest BCUT2D eigenvalue weighted by Crippen LogP contribution is -2.14. The van der Waals surface area contributed by atoms with Crippen LogP contribution in [0.3, 0.4) is 0 Å². The second-order valence-corrected chi connectivity index (χ2v) is 8.09. The summed E-state index contributed by atoms with van der Waals surface area (Å²) in [6, 6.07) is 13.3. The van der Waals surface area contributed by atoms with Gasteiger partial charge in [-0.2, -0.15) is 0 Å². The average molecular weight is 377 g/mol. The van der Waals surface area contributed by atoms with Crippen LogP contribution in [0.1, 0.15) is 21.5 Å². The zero-order valence-corrected chi connectivity index (χ0v) is 15.6. The van der Waals surface area contributed by atoms with Gasteiger partial charge in [-0.3, -0.25) is 9.79 Å². The van der Waals surface area contributed by atoms with Crippen molar-refractivity contribution >= 4 is 51.1 Å². The van der Waals surface area contributed by atoms with Crippen LogP contribution in [0.2, 0.25) is 5.02 Å². The number of anilines is 1. The van der Waals surface area contributed by atoms with Crippen molar-refractivity contribution in [3.8, 4) is 0 Å². The van der Waals surface area contributed by atoms with E-state index >= 15 is 0 Å². The Kier molecular flexibility index (Phi) is 5.87. The number of hydrogen-bond donors (Lipinski definition) is 1. The fourth-order valence-corrected chi connectivity index (χ4v) is 4.62. The average Bonchev–Trinajstić information content (AvgIpc) is 3.09. The van der Waals surface area contributed by atoms with Gasteiger partial charge in [0.15, 0.2) is 0 Å². The first-order valence-corrected chi connectivity index (χ1v) is 9.94. The molecule has 0 bridgehead atoms. The van der Waals surface area contributed by atoms with Crippen LogP contribution in [0, 0.1) is 6.92 Å². The van der Waals surface area contributed by atoms with Crippen molar-refractivity contribution in [2.24, 2.45) is 4.99 Å². The van der Waals surface area contributed by atoms with Crippen molar-refractivity contribution in [1.29, 1.82) is 0 Å². The normalized spacial score (nSPS) is 13.7. The van der Waals surface area contributed by atoms with E-state index in [1.165, 1.54) is 0 Å². The molecule has 2 aromatic carbocycles. The minimum Gasteiger partial charge on any atom is -0.321 e. The summed E-state index contributed by atoms with van der Waals surface area (Å²) in [7, 11) is 0. The monoisotopic (exact) mass is 376 g/mol. The Morgan fingerprint density at radius 2 is 2.17 bits per heavy atom. The minimum atomic E-state index is -0.141. The number of carbonyl (C=O) groups excluding carboxylic acids is 1. The summed E-state index contributed by atoms with van der Waals surface area (Å²) in [5, 5.41) is 3.45. The number of aliphatic imine (C=N–C) groups is 1. The van der Waals surface area contributed by atoms with E-state index in [-0.39, 0.29) is 5.91 Å². The van der Waals surface area contributed by atoms with Crippen molar-refractivity contribution in [2.75, 3.05) is 17.6 Å². The Labute approximate surface area is 155 Å². The van der Waals surface area contributed by atoms with E-state index in [2.05, 4.69) is 10.3 Å². The summed E-state index contributed by atoms with van der Waals surface area (Å²) >= 11 is 9.67. The van der Waals surface area contributed by atoms with E-state index in [0.717, 1.165) is 33.6 Å². The molecule has 0 saturated carbocycles. The Balaban J connectivity index is 1.74. The first-order chi connectivity index (χ1) is 11.6.